The van der Waals surface area contributed by atoms with E-state index in [4.69, 9.17) is 4.74 Å². The standard InChI is InChI=1S/C25H26N2O3/c1-18(20-10-11-20)27(21-12-14-22(30-2)15-13-21)25(29)23-9-6-16-26(24(23)28)17-19-7-4-3-5-8-19/h3-9,12-16,18,20H,10-11,17H2,1-2H3. The number of ether oxygens (including phenoxy) is 1. The lowest BCUT2D eigenvalue weighted by Crippen LogP contribution is -2.43. The molecule has 0 aliphatic heterocycles. The van der Waals surface area contributed by atoms with E-state index in [1.165, 1.54) is 0 Å². The van der Waals surface area contributed by atoms with Crippen LogP contribution in [0.2, 0.25) is 0 Å². The van der Waals surface area contributed by atoms with Crippen LogP contribution < -0.4 is 15.2 Å². The highest BCUT2D eigenvalue weighted by molar-refractivity contribution is 6.06. The van der Waals surface area contributed by atoms with E-state index in [2.05, 4.69) is 6.92 Å². The Hall–Kier alpha value is -3.34. The molecule has 30 heavy (non-hydrogen) atoms. The molecule has 1 fully saturated rings. The average Bonchev–Trinajstić information content (AvgIpc) is 3.62. The molecule has 1 aliphatic carbocycles. The van der Waals surface area contributed by atoms with Crippen LogP contribution in [-0.2, 0) is 6.54 Å². The second-order valence-corrected chi connectivity index (χ2v) is 7.79. The first-order valence-electron chi connectivity index (χ1n) is 10.3. The maximum atomic E-state index is 13.6. The first-order valence-corrected chi connectivity index (χ1v) is 10.3. The highest BCUT2D eigenvalue weighted by atomic mass is 16.5. The third-order valence-electron chi connectivity index (χ3n) is 5.73. The molecule has 1 unspecified atom stereocenters. The lowest BCUT2D eigenvalue weighted by Gasteiger charge is -2.29. The highest BCUT2D eigenvalue weighted by Crippen LogP contribution is 2.37. The Bertz CT molecular complexity index is 1070. The second kappa shape index (κ2) is 8.57. The molecule has 1 amide bonds. The van der Waals surface area contributed by atoms with Gasteiger partial charge in [-0.1, -0.05) is 30.3 Å². The number of amides is 1. The predicted molar refractivity (Wildman–Crippen MR) is 118 cm³/mol. The maximum absolute atomic E-state index is 13.6. The van der Waals surface area contributed by atoms with E-state index in [1.54, 1.807) is 34.9 Å². The molecule has 0 bridgehead atoms. The summed E-state index contributed by atoms with van der Waals surface area (Å²) in [4.78, 5) is 28.5. The second-order valence-electron chi connectivity index (χ2n) is 7.79. The van der Waals surface area contributed by atoms with Crippen molar-refractivity contribution in [3.63, 3.8) is 0 Å². The van der Waals surface area contributed by atoms with Crippen molar-refractivity contribution in [2.75, 3.05) is 12.0 Å². The largest absolute Gasteiger partial charge is 0.497 e. The summed E-state index contributed by atoms with van der Waals surface area (Å²) in [6.45, 7) is 2.49. The van der Waals surface area contributed by atoms with Crippen LogP contribution in [0.4, 0.5) is 5.69 Å². The molecule has 1 aliphatic rings. The predicted octanol–water partition coefficient (Wildman–Crippen LogP) is 4.35. The summed E-state index contributed by atoms with van der Waals surface area (Å²) in [7, 11) is 1.61. The molecule has 2 aromatic carbocycles. The lowest BCUT2D eigenvalue weighted by molar-refractivity contribution is 0.0973. The van der Waals surface area contributed by atoms with Gasteiger partial charge in [-0.15, -0.1) is 0 Å². The van der Waals surface area contributed by atoms with Crippen molar-refractivity contribution in [3.05, 3.63) is 94.4 Å². The molecule has 1 atom stereocenters. The van der Waals surface area contributed by atoms with Crippen LogP contribution in [0.1, 0.15) is 35.7 Å². The van der Waals surface area contributed by atoms with Crippen LogP contribution in [0.25, 0.3) is 0 Å². The first-order chi connectivity index (χ1) is 14.6. The number of hydrogen-bond acceptors (Lipinski definition) is 3. The van der Waals surface area contributed by atoms with Crippen LogP contribution in [0.5, 0.6) is 5.75 Å². The Balaban J connectivity index is 1.69. The zero-order valence-corrected chi connectivity index (χ0v) is 17.3. The summed E-state index contributed by atoms with van der Waals surface area (Å²) < 4.78 is 6.84. The molecule has 4 rings (SSSR count). The summed E-state index contributed by atoms with van der Waals surface area (Å²) in [5.74, 6) is 0.938. The summed E-state index contributed by atoms with van der Waals surface area (Å²) in [5.41, 5.74) is 1.71. The molecular weight excluding hydrogens is 376 g/mol. The molecule has 1 aromatic heterocycles. The van der Waals surface area contributed by atoms with Gasteiger partial charge < -0.3 is 14.2 Å². The minimum Gasteiger partial charge on any atom is -0.497 e. The number of aromatic nitrogens is 1. The summed E-state index contributed by atoms with van der Waals surface area (Å²) >= 11 is 0. The number of anilines is 1. The molecule has 0 N–H and O–H groups in total. The van der Waals surface area contributed by atoms with Crippen LogP contribution in [-0.4, -0.2) is 23.6 Å². The number of rotatable bonds is 7. The van der Waals surface area contributed by atoms with Crippen molar-refractivity contribution in [1.29, 1.82) is 0 Å². The Labute approximate surface area is 176 Å². The zero-order valence-electron chi connectivity index (χ0n) is 17.3. The normalized spacial score (nSPS) is 14.2. The number of pyridine rings is 1. The number of carbonyl (C=O) groups is 1. The van der Waals surface area contributed by atoms with Crippen molar-refractivity contribution in [2.45, 2.75) is 32.4 Å². The van der Waals surface area contributed by atoms with E-state index >= 15 is 0 Å². The summed E-state index contributed by atoms with van der Waals surface area (Å²) in [6, 6.07) is 20.6. The highest BCUT2D eigenvalue weighted by Gasteiger charge is 2.36. The van der Waals surface area contributed by atoms with Crippen molar-refractivity contribution >= 4 is 11.6 Å². The minimum absolute atomic E-state index is 0.0214. The van der Waals surface area contributed by atoms with Gasteiger partial charge in [0.25, 0.3) is 11.5 Å². The smallest absolute Gasteiger partial charge is 0.264 e. The number of benzene rings is 2. The Morgan fingerprint density at radius 1 is 1.07 bits per heavy atom. The summed E-state index contributed by atoms with van der Waals surface area (Å²) in [6.07, 6.45) is 3.94. The van der Waals surface area contributed by atoms with Gasteiger partial charge in [-0.2, -0.15) is 0 Å². The Morgan fingerprint density at radius 3 is 2.40 bits per heavy atom. The van der Waals surface area contributed by atoms with Gasteiger partial charge in [0.2, 0.25) is 0 Å². The van der Waals surface area contributed by atoms with Crippen molar-refractivity contribution in [2.24, 2.45) is 5.92 Å². The fourth-order valence-electron chi connectivity index (χ4n) is 3.80. The van der Waals surface area contributed by atoms with E-state index < -0.39 is 0 Å². The van der Waals surface area contributed by atoms with Gasteiger partial charge >= 0.3 is 0 Å². The van der Waals surface area contributed by atoms with Crippen molar-refractivity contribution in [1.82, 2.24) is 4.57 Å². The van der Waals surface area contributed by atoms with Gasteiger partial charge in [-0.25, -0.2) is 0 Å². The number of nitrogens with zero attached hydrogens (tertiary/aromatic N) is 2. The van der Waals surface area contributed by atoms with E-state index in [0.29, 0.717) is 12.5 Å². The van der Waals surface area contributed by atoms with Gasteiger partial charge in [0.15, 0.2) is 0 Å². The molecule has 5 nitrogen and oxygen atoms in total. The van der Waals surface area contributed by atoms with E-state index in [1.807, 2.05) is 54.6 Å². The van der Waals surface area contributed by atoms with E-state index in [9.17, 15) is 9.59 Å². The van der Waals surface area contributed by atoms with Gasteiger partial charge in [0, 0.05) is 17.9 Å². The van der Waals surface area contributed by atoms with Gasteiger partial charge in [-0.3, -0.25) is 9.59 Å². The fourth-order valence-corrected chi connectivity index (χ4v) is 3.80. The Kier molecular flexibility index (Phi) is 5.70. The quantitative estimate of drug-likeness (QED) is 0.590. The maximum Gasteiger partial charge on any atom is 0.264 e. The van der Waals surface area contributed by atoms with Gasteiger partial charge in [-0.05, 0) is 67.6 Å². The molecule has 154 valence electrons. The van der Waals surface area contributed by atoms with Crippen molar-refractivity contribution in [3.8, 4) is 5.75 Å². The molecule has 1 saturated carbocycles. The van der Waals surface area contributed by atoms with E-state index in [-0.39, 0.29) is 23.1 Å². The fraction of sp³-hybridized carbons (Fsp3) is 0.280. The average molecular weight is 402 g/mol. The number of carbonyl (C=O) groups excluding carboxylic acids is 1. The van der Waals surface area contributed by atoms with Crippen LogP contribution in [0, 0.1) is 5.92 Å². The Morgan fingerprint density at radius 2 is 1.77 bits per heavy atom. The number of methoxy groups -OCH3 is 1. The molecule has 0 spiro atoms. The van der Waals surface area contributed by atoms with Crippen LogP contribution in [0.15, 0.2) is 77.7 Å². The minimum atomic E-state index is -0.270. The number of hydrogen-bond donors (Lipinski definition) is 0. The first kappa shape index (κ1) is 20.0. The summed E-state index contributed by atoms with van der Waals surface area (Å²) in [5, 5.41) is 0. The van der Waals surface area contributed by atoms with Gasteiger partial charge in [0.1, 0.15) is 11.3 Å². The van der Waals surface area contributed by atoms with Gasteiger partial charge in [0.05, 0.1) is 13.7 Å². The SMILES string of the molecule is COc1ccc(N(C(=O)c2cccn(Cc3ccccc3)c2=O)C(C)C2CC2)cc1. The monoisotopic (exact) mass is 402 g/mol. The zero-order chi connectivity index (χ0) is 21.1. The molecule has 3 aromatic rings. The molecule has 0 saturated heterocycles. The molecule has 1 heterocycles. The molecule has 5 heteroatoms. The molecular formula is C25H26N2O3. The molecule has 0 radical (unpaired) electrons. The third kappa shape index (κ3) is 4.15. The van der Waals surface area contributed by atoms with E-state index in [0.717, 1.165) is 29.8 Å². The topological polar surface area (TPSA) is 51.5 Å². The van der Waals surface area contributed by atoms with Crippen LogP contribution >= 0.6 is 0 Å². The third-order valence-corrected chi connectivity index (χ3v) is 5.73. The lowest BCUT2D eigenvalue weighted by atomic mass is 10.1. The van der Waals surface area contributed by atoms with Crippen LogP contribution in [0.3, 0.4) is 0 Å². The van der Waals surface area contributed by atoms with Crippen molar-refractivity contribution < 1.29 is 9.53 Å².